The number of hydrogen-bond acceptors (Lipinski definition) is 4. The fourth-order valence-corrected chi connectivity index (χ4v) is 3.11. The Hall–Kier alpha value is -2.47. The number of nitrogens with one attached hydrogen (secondary N) is 1. The Kier molecular flexibility index (Phi) is 4.49. The molecule has 0 spiro atoms. The van der Waals surface area contributed by atoms with Crippen molar-refractivity contribution in [3.05, 3.63) is 63.8 Å². The number of aryl methyl sites for hydroxylation is 1. The maximum absolute atomic E-state index is 12.6. The highest BCUT2D eigenvalue weighted by molar-refractivity contribution is 5.94. The smallest absolute Gasteiger partial charge is 0.259 e. The lowest BCUT2D eigenvalue weighted by Crippen LogP contribution is -2.48. The Morgan fingerprint density at radius 2 is 1.96 bits per heavy atom. The Labute approximate surface area is 140 Å². The van der Waals surface area contributed by atoms with Crippen LogP contribution in [0.5, 0.6) is 0 Å². The lowest BCUT2D eigenvalue weighted by molar-refractivity contribution is -0.0162. The van der Waals surface area contributed by atoms with E-state index in [4.69, 9.17) is 0 Å². The summed E-state index contributed by atoms with van der Waals surface area (Å²) in [7, 11) is 0. The number of carbonyl (C=O) groups excluding carboxylic acids is 1. The Balaban J connectivity index is 1.67. The first-order valence-electron chi connectivity index (χ1n) is 8.07. The molecule has 0 unspecified atom stereocenters. The topological polar surface area (TPSA) is 86.3 Å². The summed E-state index contributed by atoms with van der Waals surface area (Å²) in [6.07, 6.45) is 7.99. The minimum Gasteiger partial charge on any atom is -0.389 e. The van der Waals surface area contributed by atoms with Crippen molar-refractivity contribution in [2.75, 3.05) is 13.1 Å². The van der Waals surface area contributed by atoms with E-state index in [1.165, 1.54) is 6.20 Å². The molecule has 2 aromatic rings. The van der Waals surface area contributed by atoms with Gasteiger partial charge in [-0.3, -0.25) is 14.6 Å². The third kappa shape index (κ3) is 3.38. The summed E-state index contributed by atoms with van der Waals surface area (Å²) < 4.78 is 0. The number of aromatic nitrogens is 2. The molecule has 6 heteroatoms. The van der Waals surface area contributed by atoms with Gasteiger partial charge in [0.25, 0.3) is 5.91 Å². The van der Waals surface area contributed by atoms with Crippen molar-refractivity contribution in [1.29, 1.82) is 0 Å². The molecule has 2 aromatic heterocycles. The summed E-state index contributed by atoms with van der Waals surface area (Å²) in [5.41, 5.74) is 0.650. The van der Waals surface area contributed by atoms with Crippen molar-refractivity contribution < 1.29 is 9.90 Å². The number of likely N-dealkylation sites (tertiary alicyclic amines) is 1. The van der Waals surface area contributed by atoms with E-state index < -0.39 is 5.60 Å². The second-order valence-electron chi connectivity index (χ2n) is 6.43. The fourth-order valence-electron chi connectivity index (χ4n) is 3.11. The lowest BCUT2D eigenvalue weighted by Gasteiger charge is -2.38. The number of H-pyrrole nitrogens is 1. The minimum atomic E-state index is -0.822. The van der Waals surface area contributed by atoms with E-state index in [2.05, 4.69) is 9.97 Å². The summed E-state index contributed by atoms with van der Waals surface area (Å²) >= 11 is 0. The predicted octanol–water partition coefficient (Wildman–Crippen LogP) is 1.29. The summed E-state index contributed by atoms with van der Waals surface area (Å²) in [6.45, 7) is 2.56. The maximum Gasteiger partial charge on any atom is 0.259 e. The molecule has 0 aliphatic carbocycles. The van der Waals surface area contributed by atoms with Crippen LogP contribution in [0.25, 0.3) is 0 Å². The Morgan fingerprint density at radius 3 is 2.62 bits per heavy atom. The first-order chi connectivity index (χ1) is 11.5. The highest BCUT2D eigenvalue weighted by Gasteiger charge is 2.34. The van der Waals surface area contributed by atoms with E-state index in [0.717, 1.165) is 5.56 Å². The molecular formula is C18H21N3O3. The molecule has 1 saturated heterocycles. The molecule has 0 bridgehead atoms. The first-order valence-corrected chi connectivity index (χ1v) is 8.07. The second-order valence-corrected chi connectivity index (χ2v) is 6.43. The number of carbonyl (C=O) groups is 1. The molecule has 0 atom stereocenters. The molecule has 3 heterocycles. The number of nitrogens with zero attached hydrogens (tertiary/aromatic N) is 2. The highest BCUT2D eigenvalue weighted by Crippen LogP contribution is 2.26. The van der Waals surface area contributed by atoms with Crippen LogP contribution in [-0.2, 0) is 6.42 Å². The van der Waals surface area contributed by atoms with Crippen molar-refractivity contribution >= 4 is 5.91 Å². The number of aliphatic hydroxyl groups is 1. The van der Waals surface area contributed by atoms with Gasteiger partial charge in [0.2, 0.25) is 0 Å². The minimum absolute atomic E-state index is 0.162. The van der Waals surface area contributed by atoms with Gasteiger partial charge >= 0.3 is 0 Å². The van der Waals surface area contributed by atoms with Crippen LogP contribution in [0, 0.1) is 6.92 Å². The zero-order valence-electron chi connectivity index (χ0n) is 13.7. The predicted molar refractivity (Wildman–Crippen MR) is 89.8 cm³/mol. The summed E-state index contributed by atoms with van der Waals surface area (Å²) in [5.74, 6) is -0.272. The molecule has 1 fully saturated rings. The van der Waals surface area contributed by atoms with Gasteiger partial charge in [0.1, 0.15) is 5.56 Å². The average molecular weight is 327 g/mol. The van der Waals surface area contributed by atoms with Gasteiger partial charge in [0, 0.05) is 49.9 Å². The third-order valence-electron chi connectivity index (χ3n) is 4.62. The van der Waals surface area contributed by atoms with Gasteiger partial charge in [-0.2, -0.15) is 0 Å². The largest absolute Gasteiger partial charge is 0.389 e. The van der Waals surface area contributed by atoms with Gasteiger partial charge < -0.3 is 15.0 Å². The average Bonchev–Trinajstić information content (AvgIpc) is 2.58. The molecule has 0 aromatic carbocycles. The fraction of sp³-hybridized carbons (Fsp3) is 0.389. The number of piperidine rings is 1. The van der Waals surface area contributed by atoms with Crippen LogP contribution >= 0.6 is 0 Å². The van der Waals surface area contributed by atoms with E-state index in [0.29, 0.717) is 37.9 Å². The van der Waals surface area contributed by atoms with Gasteiger partial charge in [-0.1, -0.05) is 0 Å². The molecule has 0 radical (unpaired) electrons. The first kappa shape index (κ1) is 16.4. The number of hydrogen-bond donors (Lipinski definition) is 2. The van der Waals surface area contributed by atoms with Crippen molar-refractivity contribution in [3.63, 3.8) is 0 Å². The molecule has 0 saturated carbocycles. The van der Waals surface area contributed by atoms with E-state index in [1.54, 1.807) is 30.4 Å². The van der Waals surface area contributed by atoms with Gasteiger partial charge in [0.05, 0.1) is 5.60 Å². The summed E-state index contributed by atoms with van der Waals surface area (Å²) in [4.78, 5) is 33.1. The van der Waals surface area contributed by atoms with Gasteiger partial charge in [-0.15, -0.1) is 0 Å². The molecule has 24 heavy (non-hydrogen) atoms. The standard InChI is InChI=1S/C18H21N3O3/c1-13-11-20-12-15(16(13)22)17(23)21-8-4-18(24,5-9-21)10-14-2-6-19-7-3-14/h2-3,6-7,11-12,24H,4-5,8-10H2,1H3,(H,20,22). The normalized spacial score (nSPS) is 16.8. The zero-order chi connectivity index (χ0) is 17.2. The van der Waals surface area contributed by atoms with Crippen molar-refractivity contribution in [2.45, 2.75) is 31.8 Å². The molecular weight excluding hydrogens is 306 g/mol. The van der Waals surface area contributed by atoms with Crippen LogP contribution in [0.3, 0.4) is 0 Å². The van der Waals surface area contributed by atoms with E-state index in [1.807, 2.05) is 12.1 Å². The molecule has 6 nitrogen and oxygen atoms in total. The second kappa shape index (κ2) is 6.57. The number of amides is 1. The van der Waals surface area contributed by atoms with Crippen LogP contribution < -0.4 is 5.43 Å². The van der Waals surface area contributed by atoms with Crippen molar-refractivity contribution in [1.82, 2.24) is 14.9 Å². The lowest BCUT2D eigenvalue weighted by atomic mass is 9.85. The quantitative estimate of drug-likeness (QED) is 0.889. The molecule has 1 aliphatic rings. The molecule has 1 amide bonds. The van der Waals surface area contributed by atoms with E-state index >= 15 is 0 Å². The monoisotopic (exact) mass is 327 g/mol. The van der Waals surface area contributed by atoms with E-state index in [-0.39, 0.29) is 16.9 Å². The van der Waals surface area contributed by atoms with Crippen LogP contribution in [0.1, 0.15) is 34.3 Å². The maximum atomic E-state index is 12.6. The highest BCUT2D eigenvalue weighted by atomic mass is 16.3. The van der Waals surface area contributed by atoms with Gasteiger partial charge in [-0.25, -0.2) is 0 Å². The summed E-state index contributed by atoms with van der Waals surface area (Å²) in [6, 6.07) is 3.78. The molecule has 1 aliphatic heterocycles. The van der Waals surface area contributed by atoms with Gasteiger partial charge in [0.15, 0.2) is 5.43 Å². The number of rotatable bonds is 3. The Morgan fingerprint density at radius 1 is 1.29 bits per heavy atom. The summed E-state index contributed by atoms with van der Waals surface area (Å²) in [5, 5.41) is 10.8. The SMILES string of the molecule is Cc1c[nH]cc(C(=O)N2CCC(O)(Cc3ccncc3)CC2)c1=O. The van der Waals surface area contributed by atoms with Gasteiger partial charge in [-0.05, 0) is 37.5 Å². The molecule has 2 N–H and O–H groups in total. The number of aromatic amines is 1. The number of pyridine rings is 2. The van der Waals surface area contributed by atoms with Crippen LogP contribution in [-0.4, -0.2) is 44.6 Å². The Bertz CT molecular complexity index is 778. The van der Waals surface area contributed by atoms with Crippen molar-refractivity contribution in [3.8, 4) is 0 Å². The van der Waals surface area contributed by atoms with Crippen LogP contribution in [0.4, 0.5) is 0 Å². The molecule has 3 rings (SSSR count). The molecule has 126 valence electrons. The van der Waals surface area contributed by atoms with Crippen LogP contribution in [0.2, 0.25) is 0 Å². The van der Waals surface area contributed by atoms with Crippen molar-refractivity contribution in [2.24, 2.45) is 0 Å². The van der Waals surface area contributed by atoms with Crippen LogP contribution in [0.15, 0.2) is 41.7 Å². The zero-order valence-corrected chi connectivity index (χ0v) is 13.7. The third-order valence-corrected chi connectivity index (χ3v) is 4.62. The van der Waals surface area contributed by atoms with E-state index in [9.17, 15) is 14.7 Å².